The van der Waals surface area contributed by atoms with E-state index in [0.717, 1.165) is 0 Å². The highest BCUT2D eigenvalue weighted by Gasteiger charge is 2.18. The van der Waals surface area contributed by atoms with Crippen LogP contribution in [0.4, 0.5) is 4.39 Å². The molecule has 3 heteroatoms. The predicted molar refractivity (Wildman–Crippen MR) is 32.7 cm³/mol. The largest absolute Gasteiger partial charge is 0.285 e. The number of aromatic amines is 1. The van der Waals surface area contributed by atoms with Gasteiger partial charge in [-0.3, -0.25) is 5.10 Å². The molecule has 1 aromatic rings. The van der Waals surface area contributed by atoms with Gasteiger partial charge in [0.2, 0.25) is 0 Å². The number of rotatable bonds is 1. The van der Waals surface area contributed by atoms with Crippen molar-refractivity contribution in [3.8, 4) is 0 Å². The van der Waals surface area contributed by atoms with Crippen molar-refractivity contribution in [3.63, 3.8) is 0 Å². The number of H-pyrrole nitrogens is 1. The Balaban J connectivity index is 2.90. The van der Waals surface area contributed by atoms with E-state index in [2.05, 4.69) is 10.2 Å². The van der Waals surface area contributed by atoms with E-state index in [1.807, 2.05) is 0 Å². The zero-order chi connectivity index (χ0) is 6.91. The van der Waals surface area contributed by atoms with Gasteiger partial charge in [-0.05, 0) is 13.8 Å². The van der Waals surface area contributed by atoms with Crippen molar-refractivity contribution in [2.45, 2.75) is 19.5 Å². The van der Waals surface area contributed by atoms with E-state index in [-0.39, 0.29) is 0 Å². The van der Waals surface area contributed by atoms with Crippen LogP contribution in [-0.2, 0) is 5.67 Å². The van der Waals surface area contributed by atoms with E-state index >= 15 is 0 Å². The Morgan fingerprint density at radius 1 is 1.67 bits per heavy atom. The van der Waals surface area contributed by atoms with Gasteiger partial charge in [0.15, 0.2) is 0 Å². The van der Waals surface area contributed by atoms with E-state index in [4.69, 9.17) is 0 Å². The fourth-order valence-corrected chi connectivity index (χ4v) is 0.576. The lowest BCUT2D eigenvalue weighted by Gasteiger charge is -2.09. The van der Waals surface area contributed by atoms with Crippen LogP contribution in [0.5, 0.6) is 0 Å². The molecule has 1 rings (SSSR count). The Morgan fingerprint density at radius 2 is 2.33 bits per heavy atom. The Kier molecular flexibility index (Phi) is 1.27. The zero-order valence-electron chi connectivity index (χ0n) is 5.48. The fraction of sp³-hybridized carbons (Fsp3) is 0.500. The highest BCUT2D eigenvalue weighted by atomic mass is 19.1. The molecule has 0 spiro atoms. The van der Waals surface area contributed by atoms with Crippen LogP contribution >= 0.6 is 0 Å². The average molecular weight is 128 g/mol. The van der Waals surface area contributed by atoms with Gasteiger partial charge in [-0.15, -0.1) is 0 Å². The molecular formula is C6H9FN2. The van der Waals surface area contributed by atoms with Gasteiger partial charge in [-0.2, -0.15) is 5.10 Å². The van der Waals surface area contributed by atoms with E-state index in [1.165, 1.54) is 20.0 Å². The first kappa shape index (κ1) is 6.26. The molecule has 0 radical (unpaired) electrons. The molecule has 2 nitrogen and oxygen atoms in total. The molecule has 0 saturated heterocycles. The summed E-state index contributed by atoms with van der Waals surface area (Å²) < 4.78 is 12.9. The molecule has 0 atom stereocenters. The van der Waals surface area contributed by atoms with Crippen molar-refractivity contribution < 1.29 is 4.39 Å². The number of hydrogen-bond donors (Lipinski definition) is 1. The van der Waals surface area contributed by atoms with Gasteiger partial charge >= 0.3 is 0 Å². The third kappa shape index (κ3) is 1.28. The molecule has 50 valence electrons. The summed E-state index contributed by atoms with van der Waals surface area (Å²) in [5.74, 6) is 0. The first-order chi connectivity index (χ1) is 4.11. The molecule has 0 bridgehead atoms. The van der Waals surface area contributed by atoms with Crippen LogP contribution in [0.3, 0.4) is 0 Å². The second kappa shape index (κ2) is 1.83. The maximum atomic E-state index is 12.9. The third-order valence-corrected chi connectivity index (χ3v) is 1.18. The summed E-state index contributed by atoms with van der Waals surface area (Å²) in [4.78, 5) is 0. The first-order valence-corrected chi connectivity index (χ1v) is 2.79. The lowest BCUT2D eigenvalue weighted by molar-refractivity contribution is 0.221. The van der Waals surface area contributed by atoms with E-state index in [9.17, 15) is 4.39 Å². The summed E-state index contributed by atoms with van der Waals surface area (Å²) >= 11 is 0. The van der Waals surface area contributed by atoms with Gasteiger partial charge in [0.05, 0.1) is 6.20 Å². The molecule has 0 unspecified atom stereocenters. The Labute approximate surface area is 53.1 Å². The Bertz CT molecular complexity index is 173. The molecule has 0 amide bonds. The summed E-state index contributed by atoms with van der Waals surface area (Å²) in [6, 6.07) is 0. The minimum atomic E-state index is -1.27. The molecule has 0 aliphatic rings. The number of nitrogens with zero attached hydrogens (tertiary/aromatic N) is 1. The van der Waals surface area contributed by atoms with E-state index in [0.29, 0.717) is 5.56 Å². The zero-order valence-corrected chi connectivity index (χ0v) is 5.48. The number of nitrogens with one attached hydrogen (secondary N) is 1. The van der Waals surface area contributed by atoms with Crippen LogP contribution in [0, 0.1) is 0 Å². The van der Waals surface area contributed by atoms with Crippen LogP contribution in [0.2, 0.25) is 0 Å². The average Bonchev–Trinajstić information content (AvgIpc) is 2.08. The highest BCUT2D eigenvalue weighted by Crippen LogP contribution is 2.22. The van der Waals surface area contributed by atoms with E-state index < -0.39 is 5.67 Å². The quantitative estimate of drug-likeness (QED) is 0.611. The molecule has 9 heavy (non-hydrogen) atoms. The minimum absolute atomic E-state index is 0.586. The number of hydrogen-bond acceptors (Lipinski definition) is 1. The monoisotopic (exact) mass is 128 g/mol. The second-order valence-electron chi connectivity index (χ2n) is 2.46. The van der Waals surface area contributed by atoms with Crippen LogP contribution in [0.15, 0.2) is 12.4 Å². The smallest absolute Gasteiger partial charge is 0.133 e. The van der Waals surface area contributed by atoms with Crippen molar-refractivity contribution in [1.82, 2.24) is 10.2 Å². The van der Waals surface area contributed by atoms with Crippen molar-refractivity contribution >= 4 is 0 Å². The molecule has 1 heterocycles. The van der Waals surface area contributed by atoms with Crippen molar-refractivity contribution in [1.29, 1.82) is 0 Å². The SMILES string of the molecule is CC(C)(F)c1cn[nH]c1. The van der Waals surface area contributed by atoms with Gasteiger partial charge in [0.1, 0.15) is 5.67 Å². The van der Waals surface area contributed by atoms with Crippen molar-refractivity contribution in [2.24, 2.45) is 0 Å². The fourth-order valence-electron chi connectivity index (χ4n) is 0.576. The highest BCUT2D eigenvalue weighted by molar-refractivity contribution is 5.11. The molecule has 0 fully saturated rings. The molecule has 0 aromatic carbocycles. The molecular weight excluding hydrogens is 119 g/mol. The number of halogens is 1. The van der Waals surface area contributed by atoms with E-state index in [1.54, 1.807) is 6.20 Å². The summed E-state index contributed by atoms with van der Waals surface area (Å²) in [6.07, 6.45) is 3.04. The lowest BCUT2D eigenvalue weighted by atomic mass is 10.1. The topological polar surface area (TPSA) is 28.7 Å². The van der Waals surface area contributed by atoms with Gasteiger partial charge in [-0.25, -0.2) is 4.39 Å². The number of alkyl halides is 1. The van der Waals surface area contributed by atoms with Gasteiger partial charge < -0.3 is 0 Å². The lowest BCUT2D eigenvalue weighted by Crippen LogP contribution is -2.06. The maximum Gasteiger partial charge on any atom is 0.133 e. The van der Waals surface area contributed by atoms with Crippen LogP contribution < -0.4 is 0 Å². The van der Waals surface area contributed by atoms with Crippen molar-refractivity contribution in [3.05, 3.63) is 18.0 Å². The van der Waals surface area contributed by atoms with Crippen molar-refractivity contribution in [2.75, 3.05) is 0 Å². The normalized spacial score (nSPS) is 11.9. The Morgan fingerprint density at radius 3 is 2.56 bits per heavy atom. The number of aromatic nitrogens is 2. The standard InChI is InChI=1S/C6H9FN2/c1-6(2,7)5-3-8-9-4-5/h3-4H,1-2H3,(H,8,9). The van der Waals surface area contributed by atoms with Crippen LogP contribution in [0.1, 0.15) is 19.4 Å². The predicted octanol–water partition coefficient (Wildman–Crippen LogP) is 1.61. The second-order valence-corrected chi connectivity index (χ2v) is 2.46. The summed E-state index contributed by atoms with van der Waals surface area (Å²) in [5.41, 5.74) is -0.685. The summed E-state index contributed by atoms with van der Waals surface area (Å²) in [5, 5.41) is 6.17. The maximum absolute atomic E-state index is 12.9. The van der Waals surface area contributed by atoms with Gasteiger partial charge in [0, 0.05) is 11.8 Å². The van der Waals surface area contributed by atoms with Crippen LogP contribution in [0.25, 0.3) is 0 Å². The molecule has 0 saturated carbocycles. The molecule has 1 aromatic heterocycles. The summed E-state index contributed by atoms with van der Waals surface area (Å²) in [7, 11) is 0. The minimum Gasteiger partial charge on any atom is -0.285 e. The van der Waals surface area contributed by atoms with Gasteiger partial charge in [-0.1, -0.05) is 0 Å². The van der Waals surface area contributed by atoms with Gasteiger partial charge in [0.25, 0.3) is 0 Å². The molecule has 0 aliphatic carbocycles. The molecule has 1 N–H and O–H groups in total. The summed E-state index contributed by atoms with van der Waals surface area (Å²) in [6.45, 7) is 3.00. The first-order valence-electron chi connectivity index (χ1n) is 2.79. The third-order valence-electron chi connectivity index (χ3n) is 1.18. The van der Waals surface area contributed by atoms with Crippen LogP contribution in [-0.4, -0.2) is 10.2 Å². The molecule has 0 aliphatic heterocycles. The Hall–Kier alpha value is -0.860.